The summed E-state index contributed by atoms with van der Waals surface area (Å²) >= 11 is 0. The van der Waals surface area contributed by atoms with Crippen LogP contribution in [0.3, 0.4) is 0 Å². The van der Waals surface area contributed by atoms with Crippen LogP contribution in [0.25, 0.3) is 0 Å². The fourth-order valence-corrected chi connectivity index (χ4v) is 4.04. The Labute approximate surface area is 156 Å². The lowest BCUT2D eigenvalue weighted by molar-refractivity contribution is -0.133. The van der Waals surface area contributed by atoms with Gasteiger partial charge in [-0.1, -0.05) is 37.8 Å². The molecule has 1 aromatic carbocycles. The van der Waals surface area contributed by atoms with Crippen molar-refractivity contribution in [2.45, 2.75) is 45.4 Å². The van der Waals surface area contributed by atoms with E-state index in [1.165, 1.54) is 25.7 Å². The summed E-state index contributed by atoms with van der Waals surface area (Å²) in [5, 5.41) is 0. The van der Waals surface area contributed by atoms with E-state index in [-0.39, 0.29) is 11.8 Å². The molecule has 0 atom stereocenters. The Kier molecular flexibility index (Phi) is 6.53. The van der Waals surface area contributed by atoms with Crippen LogP contribution in [-0.2, 0) is 4.79 Å². The van der Waals surface area contributed by atoms with E-state index in [0.29, 0.717) is 50.5 Å². The summed E-state index contributed by atoms with van der Waals surface area (Å²) in [6.07, 6.45) is 6.90. The Balaban J connectivity index is 1.50. The smallest absolute Gasteiger partial charge is 0.257 e. The molecule has 0 spiro atoms. The minimum Gasteiger partial charge on any atom is -0.493 e. The van der Waals surface area contributed by atoms with Crippen molar-refractivity contribution < 1.29 is 14.3 Å². The van der Waals surface area contributed by atoms with Gasteiger partial charge in [0.25, 0.3) is 5.91 Å². The number of hydrogen-bond donors (Lipinski definition) is 0. The van der Waals surface area contributed by atoms with Crippen LogP contribution in [0.15, 0.2) is 24.3 Å². The van der Waals surface area contributed by atoms with E-state index in [1.54, 1.807) is 0 Å². The molecular formula is C21H30N2O3. The van der Waals surface area contributed by atoms with Gasteiger partial charge in [-0.05, 0) is 31.4 Å². The molecule has 142 valence electrons. The molecule has 2 fully saturated rings. The Bertz CT molecular complexity index is 617. The fraction of sp³-hybridized carbons (Fsp3) is 0.619. The van der Waals surface area contributed by atoms with Crippen molar-refractivity contribution in [3.05, 3.63) is 29.8 Å². The van der Waals surface area contributed by atoms with Crippen LogP contribution in [0.5, 0.6) is 5.75 Å². The van der Waals surface area contributed by atoms with Crippen molar-refractivity contribution in [2.24, 2.45) is 5.92 Å². The van der Waals surface area contributed by atoms with Crippen molar-refractivity contribution >= 4 is 11.8 Å². The summed E-state index contributed by atoms with van der Waals surface area (Å²) in [6, 6.07) is 7.38. The lowest BCUT2D eigenvalue weighted by Gasteiger charge is -2.35. The third kappa shape index (κ3) is 4.57. The molecule has 3 rings (SSSR count). The lowest BCUT2D eigenvalue weighted by atomic mass is 10.0. The highest BCUT2D eigenvalue weighted by Crippen LogP contribution is 2.29. The zero-order valence-electron chi connectivity index (χ0n) is 15.8. The minimum atomic E-state index is -0.00731. The number of ether oxygens (including phenoxy) is 1. The van der Waals surface area contributed by atoms with Gasteiger partial charge in [0.2, 0.25) is 5.91 Å². The lowest BCUT2D eigenvalue weighted by Crippen LogP contribution is -2.50. The average molecular weight is 358 g/mol. The molecule has 1 aliphatic carbocycles. The number of carbonyl (C=O) groups excluding carboxylic acids is 2. The van der Waals surface area contributed by atoms with Gasteiger partial charge in [-0.3, -0.25) is 9.59 Å². The molecule has 0 aromatic heterocycles. The first-order valence-corrected chi connectivity index (χ1v) is 9.98. The maximum absolute atomic E-state index is 12.8. The molecule has 1 aromatic rings. The topological polar surface area (TPSA) is 49.9 Å². The van der Waals surface area contributed by atoms with Crippen LogP contribution in [0.2, 0.25) is 0 Å². The Morgan fingerprint density at radius 1 is 1.04 bits per heavy atom. The number of amides is 2. The molecule has 1 saturated carbocycles. The predicted octanol–water partition coefficient (Wildman–Crippen LogP) is 3.34. The van der Waals surface area contributed by atoms with Gasteiger partial charge in [0.05, 0.1) is 12.2 Å². The number of nitrogens with zero attached hydrogens (tertiary/aromatic N) is 2. The normalized spacial score (nSPS) is 18.2. The molecule has 5 nitrogen and oxygen atoms in total. The monoisotopic (exact) mass is 358 g/mol. The summed E-state index contributed by atoms with van der Waals surface area (Å²) < 4.78 is 5.58. The van der Waals surface area contributed by atoms with Crippen LogP contribution in [-0.4, -0.2) is 54.4 Å². The van der Waals surface area contributed by atoms with Crippen molar-refractivity contribution in [1.82, 2.24) is 9.80 Å². The Morgan fingerprint density at radius 2 is 1.69 bits per heavy atom. The number of carbonyl (C=O) groups is 2. The first kappa shape index (κ1) is 18.7. The predicted molar refractivity (Wildman–Crippen MR) is 101 cm³/mol. The summed E-state index contributed by atoms with van der Waals surface area (Å²) in [5.74, 6) is 1.62. The van der Waals surface area contributed by atoms with E-state index in [9.17, 15) is 9.59 Å². The summed E-state index contributed by atoms with van der Waals surface area (Å²) in [5.41, 5.74) is 0.607. The number of benzene rings is 1. The van der Waals surface area contributed by atoms with Crippen molar-refractivity contribution in [1.29, 1.82) is 0 Å². The highest BCUT2D eigenvalue weighted by Gasteiger charge is 2.26. The maximum atomic E-state index is 12.8. The van der Waals surface area contributed by atoms with Crippen LogP contribution in [0, 0.1) is 5.92 Å². The van der Waals surface area contributed by atoms with Gasteiger partial charge in [-0.25, -0.2) is 0 Å². The highest BCUT2D eigenvalue weighted by atomic mass is 16.5. The zero-order chi connectivity index (χ0) is 18.4. The first-order valence-electron chi connectivity index (χ1n) is 9.98. The minimum absolute atomic E-state index is 0.00731. The average Bonchev–Trinajstić information content (AvgIpc) is 3.20. The zero-order valence-corrected chi connectivity index (χ0v) is 15.8. The van der Waals surface area contributed by atoms with E-state index >= 15 is 0 Å². The molecule has 1 saturated heterocycles. The second-order valence-electron chi connectivity index (χ2n) is 7.29. The fourth-order valence-electron chi connectivity index (χ4n) is 4.04. The molecule has 0 unspecified atom stereocenters. The first-order chi connectivity index (χ1) is 12.7. The summed E-state index contributed by atoms with van der Waals surface area (Å²) in [4.78, 5) is 29.0. The van der Waals surface area contributed by atoms with E-state index in [1.807, 2.05) is 41.0 Å². The number of para-hydroxylation sites is 1. The van der Waals surface area contributed by atoms with E-state index < -0.39 is 0 Å². The molecule has 1 heterocycles. The SMILES string of the molecule is CCOc1ccccc1C(=O)N1CCN(C(=O)CCC2CCCC2)CC1. The Morgan fingerprint density at radius 3 is 2.38 bits per heavy atom. The molecule has 2 amide bonds. The third-order valence-electron chi connectivity index (χ3n) is 5.58. The molecule has 0 bridgehead atoms. The maximum Gasteiger partial charge on any atom is 0.257 e. The van der Waals surface area contributed by atoms with E-state index in [0.717, 1.165) is 12.3 Å². The van der Waals surface area contributed by atoms with Gasteiger partial charge < -0.3 is 14.5 Å². The molecule has 1 aliphatic heterocycles. The number of rotatable bonds is 6. The van der Waals surface area contributed by atoms with Gasteiger partial charge in [0.1, 0.15) is 5.75 Å². The number of hydrogen-bond acceptors (Lipinski definition) is 3. The van der Waals surface area contributed by atoms with Gasteiger partial charge in [0.15, 0.2) is 0 Å². The van der Waals surface area contributed by atoms with Crippen LogP contribution >= 0.6 is 0 Å². The molecule has 5 heteroatoms. The van der Waals surface area contributed by atoms with Gasteiger partial charge in [-0.15, -0.1) is 0 Å². The number of piperazine rings is 1. The standard InChI is InChI=1S/C21H30N2O3/c1-2-26-19-10-6-5-9-18(19)21(25)23-15-13-22(14-16-23)20(24)12-11-17-7-3-4-8-17/h5-6,9-10,17H,2-4,7-8,11-16H2,1H3. The van der Waals surface area contributed by atoms with Gasteiger partial charge >= 0.3 is 0 Å². The Hall–Kier alpha value is -2.04. The van der Waals surface area contributed by atoms with E-state index in [2.05, 4.69) is 0 Å². The van der Waals surface area contributed by atoms with Gasteiger partial charge in [0, 0.05) is 32.6 Å². The van der Waals surface area contributed by atoms with Gasteiger partial charge in [-0.2, -0.15) is 0 Å². The summed E-state index contributed by atoms with van der Waals surface area (Å²) in [6.45, 7) is 4.89. The van der Waals surface area contributed by atoms with Crippen LogP contribution in [0.4, 0.5) is 0 Å². The van der Waals surface area contributed by atoms with E-state index in [4.69, 9.17) is 4.74 Å². The third-order valence-corrected chi connectivity index (χ3v) is 5.58. The van der Waals surface area contributed by atoms with Crippen molar-refractivity contribution in [3.8, 4) is 5.75 Å². The quantitative estimate of drug-likeness (QED) is 0.784. The van der Waals surface area contributed by atoms with Crippen LogP contribution < -0.4 is 4.74 Å². The molecule has 0 N–H and O–H groups in total. The molecule has 2 aliphatic rings. The van der Waals surface area contributed by atoms with Crippen molar-refractivity contribution in [3.63, 3.8) is 0 Å². The molecule has 26 heavy (non-hydrogen) atoms. The molecule has 0 radical (unpaired) electrons. The highest BCUT2D eigenvalue weighted by molar-refractivity contribution is 5.97. The molecular weight excluding hydrogens is 328 g/mol. The second-order valence-corrected chi connectivity index (χ2v) is 7.29. The second kappa shape index (κ2) is 9.06. The summed E-state index contributed by atoms with van der Waals surface area (Å²) in [7, 11) is 0. The van der Waals surface area contributed by atoms with Crippen LogP contribution in [0.1, 0.15) is 55.8 Å². The largest absolute Gasteiger partial charge is 0.493 e. The van der Waals surface area contributed by atoms with Crippen molar-refractivity contribution in [2.75, 3.05) is 32.8 Å².